The Hall–Kier alpha value is -2.80. The molecule has 0 atom stereocenters. The second-order valence-corrected chi connectivity index (χ2v) is 7.75. The predicted molar refractivity (Wildman–Crippen MR) is 120 cm³/mol. The Morgan fingerprint density at radius 3 is 2.07 bits per heavy atom. The molecule has 0 heterocycles. The van der Waals surface area contributed by atoms with E-state index in [2.05, 4.69) is 67.6 Å². The van der Waals surface area contributed by atoms with Crippen molar-refractivity contribution in [1.29, 1.82) is 0 Å². The van der Waals surface area contributed by atoms with E-state index in [0.29, 0.717) is 0 Å². The van der Waals surface area contributed by atoms with E-state index in [1.807, 2.05) is 0 Å². The summed E-state index contributed by atoms with van der Waals surface area (Å²) in [6, 6.07) is 22.2. The van der Waals surface area contributed by atoms with E-state index in [1.54, 1.807) is 0 Å². The third-order valence-corrected chi connectivity index (χ3v) is 6.06. The Morgan fingerprint density at radius 2 is 1.33 bits per heavy atom. The molecule has 27 heavy (non-hydrogen) atoms. The third-order valence-electron chi connectivity index (χ3n) is 6.06. The summed E-state index contributed by atoms with van der Waals surface area (Å²) in [7, 11) is 0. The van der Waals surface area contributed by atoms with Crippen LogP contribution in [-0.2, 0) is 6.42 Å². The molecule has 0 bridgehead atoms. The third kappa shape index (κ3) is 2.45. The average Bonchev–Trinajstić information content (AvgIpc) is 2.70. The maximum atomic E-state index is 6.81. The normalized spacial score (nSPS) is 12.0. The van der Waals surface area contributed by atoms with E-state index in [0.717, 1.165) is 12.1 Å². The number of hydrogen-bond donors (Lipinski definition) is 1. The van der Waals surface area contributed by atoms with Crippen molar-refractivity contribution >= 4 is 48.8 Å². The molecular formula is C26H25N. The molecule has 0 saturated carbocycles. The minimum Gasteiger partial charge on any atom is -0.398 e. The first-order valence-electron chi connectivity index (χ1n) is 10.2. The summed E-state index contributed by atoms with van der Waals surface area (Å²) in [6.45, 7) is 2.26. The van der Waals surface area contributed by atoms with E-state index in [4.69, 9.17) is 5.73 Å². The van der Waals surface area contributed by atoms with E-state index in [9.17, 15) is 0 Å². The van der Waals surface area contributed by atoms with Gasteiger partial charge in [0, 0.05) is 11.1 Å². The van der Waals surface area contributed by atoms with Gasteiger partial charge in [-0.05, 0) is 62.2 Å². The van der Waals surface area contributed by atoms with Gasteiger partial charge in [-0.2, -0.15) is 0 Å². The molecule has 5 rings (SSSR count). The van der Waals surface area contributed by atoms with Crippen LogP contribution >= 0.6 is 0 Å². The molecule has 0 fully saturated rings. The van der Waals surface area contributed by atoms with Gasteiger partial charge in [0.15, 0.2) is 0 Å². The lowest BCUT2D eigenvalue weighted by atomic mass is 9.87. The largest absolute Gasteiger partial charge is 0.398 e. The monoisotopic (exact) mass is 351 g/mol. The highest BCUT2D eigenvalue weighted by molar-refractivity contribution is 6.35. The van der Waals surface area contributed by atoms with Crippen LogP contribution in [-0.4, -0.2) is 0 Å². The van der Waals surface area contributed by atoms with Crippen molar-refractivity contribution in [3.05, 3.63) is 66.2 Å². The lowest BCUT2D eigenvalue weighted by molar-refractivity contribution is 0.668. The Morgan fingerprint density at radius 1 is 0.667 bits per heavy atom. The van der Waals surface area contributed by atoms with Crippen molar-refractivity contribution in [3.63, 3.8) is 0 Å². The van der Waals surface area contributed by atoms with Gasteiger partial charge >= 0.3 is 0 Å². The molecule has 0 unspecified atom stereocenters. The van der Waals surface area contributed by atoms with Gasteiger partial charge < -0.3 is 5.73 Å². The number of nitrogens with two attached hydrogens (primary N) is 1. The van der Waals surface area contributed by atoms with Crippen LogP contribution in [0.25, 0.3) is 43.1 Å². The summed E-state index contributed by atoms with van der Waals surface area (Å²) in [6.07, 6.45) is 6.12. The number of hydrogen-bond acceptors (Lipinski definition) is 1. The molecule has 0 saturated heterocycles. The second-order valence-electron chi connectivity index (χ2n) is 7.75. The van der Waals surface area contributed by atoms with Crippen LogP contribution in [0.2, 0.25) is 0 Å². The number of fused-ring (bicyclic) bond motifs is 2. The van der Waals surface area contributed by atoms with Crippen molar-refractivity contribution in [2.75, 3.05) is 5.73 Å². The van der Waals surface area contributed by atoms with Gasteiger partial charge in [-0.15, -0.1) is 0 Å². The maximum Gasteiger partial charge on any atom is 0.0433 e. The molecule has 0 aromatic heterocycles. The topological polar surface area (TPSA) is 26.0 Å². The van der Waals surface area contributed by atoms with E-state index in [1.165, 1.54) is 74.3 Å². The van der Waals surface area contributed by atoms with E-state index < -0.39 is 0 Å². The number of nitrogen functional groups attached to an aromatic ring is 1. The molecule has 0 spiro atoms. The summed E-state index contributed by atoms with van der Waals surface area (Å²) in [5.74, 6) is 0. The van der Waals surface area contributed by atoms with Crippen molar-refractivity contribution in [2.45, 2.75) is 39.0 Å². The maximum absolute atomic E-state index is 6.81. The zero-order chi connectivity index (χ0) is 18.4. The highest BCUT2D eigenvalue weighted by Gasteiger charge is 2.16. The smallest absolute Gasteiger partial charge is 0.0433 e. The first-order chi connectivity index (χ1) is 13.3. The molecule has 2 N–H and O–H groups in total. The Kier molecular flexibility index (Phi) is 3.89. The molecule has 0 amide bonds. The van der Waals surface area contributed by atoms with Gasteiger partial charge in [0.2, 0.25) is 0 Å². The van der Waals surface area contributed by atoms with Crippen LogP contribution in [0.15, 0.2) is 60.7 Å². The van der Waals surface area contributed by atoms with Crippen LogP contribution in [0, 0.1) is 0 Å². The summed E-state index contributed by atoms with van der Waals surface area (Å²) >= 11 is 0. The SMILES string of the molecule is CCCCCCc1cc2cccc3c4cccc5cccc(c(c1N)c23)c54. The molecule has 1 nitrogen and oxygen atoms in total. The zero-order valence-electron chi connectivity index (χ0n) is 15.9. The number of anilines is 1. The number of rotatable bonds is 5. The Bertz CT molecular complexity index is 1260. The number of benzene rings is 5. The van der Waals surface area contributed by atoms with E-state index in [-0.39, 0.29) is 0 Å². The summed E-state index contributed by atoms with van der Waals surface area (Å²) in [5.41, 5.74) is 9.10. The second kappa shape index (κ2) is 6.42. The number of aryl methyl sites for hydroxylation is 1. The van der Waals surface area contributed by atoms with Crippen molar-refractivity contribution < 1.29 is 0 Å². The Balaban J connectivity index is 1.87. The van der Waals surface area contributed by atoms with Crippen molar-refractivity contribution in [3.8, 4) is 0 Å². The lowest BCUT2D eigenvalue weighted by Gasteiger charge is -2.18. The zero-order valence-corrected chi connectivity index (χ0v) is 15.9. The first kappa shape index (κ1) is 16.4. The fourth-order valence-electron chi connectivity index (χ4n) is 4.76. The van der Waals surface area contributed by atoms with Crippen LogP contribution in [0.3, 0.4) is 0 Å². The fraction of sp³-hybridized carbons (Fsp3) is 0.231. The first-order valence-corrected chi connectivity index (χ1v) is 10.2. The summed E-state index contributed by atoms with van der Waals surface area (Å²) in [5, 5.41) is 10.5. The van der Waals surface area contributed by atoms with Gasteiger partial charge in [0.1, 0.15) is 0 Å². The van der Waals surface area contributed by atoms with Gasteiger partial charge in [-0.25, -0.2) is 0 Å². The highest BCUT2D eigenvalue weighted by atomic mass is 14.6. The van der Waals surface area contributed by atoms with Crippen LogP contribution < -0.4 is 5.73 Å². The van der Waals surface area contributed by atoms with Crippen LogP contribution in [0.4, 0.5) is 5.69 Å². The quantitative estimate of drug-likeness (QED) is 0.151. The van der Waals surface area contributed by atoms with Crippen LogP contribution in [0.1, 0.15) is 38.2 Å². The van der Waals surface area contributed by atoms with E-state index >= 15 is 0 Å². The molecule has 0 aliphatic carbocycles. The van der Waals surface area contributed by atoms with Gasteiger partial charge in [-0.3, -0.25) is 0 Å². The molecule has 5 aromatic carbocycles. The fourth-order valence-corrected chi connectivity index (χ4v) is 4.76. The lowest BCUT2D eigenvalue weighted by Crippen LogP contribution is -1.99. The predicted octanol–water partition coefficient (Wildman–Crippen LogP) is 7.44. The standard InChI is InChI=1S/C26H25N/c1-2-3-4-5-9-19-16-18-12-8-14-21-20-13-6-10-17-11-7-15-22(23(17)20)25(24(18)21)26(19)27/h6-8,10-16H,2-5,9,27H2,1H3. The Labute approximate surface area is 160 Å². The van der Waals surface area contributed by atoms with Gasteiger partial charge in [-0.1, -0.05) is 80.8 Å². The molecule has 1 heteroatoms. The molecule has 0 aliphatic heterocycles. The number of unbranched alkanes of at least 4 members (excludes halogenated alkanes) is 3. The molecule has 134 valence electrons. The molecule has 0 radical (unpaired) electrons. The van der Waals surface area contributed by atoms with Gasteiger partial charge in [0.05, 0.1) is 0 Å². The van der Waals surface area contributed by atoms with Crippen molar-refractivity contribution in [1.82, 2.24) is 0 Å². The minimum atomic E-state index is 0.980. The minimum absolute atomic E-state index is 0.980. The van der Waals surface area contributed by atoms with Gasteiger partial charge in [0.25, 0.3) is 0 Å². The van der Waals surface area contributed by atoms with Crippen LogP contribution in [0.5, 0.6) is 0 Å². The summed E-state index contributed by atoms with van der Waals surface area (Å²) in [4.78, 5) is 0. The average molecular weight is 351 g/mol. The molecular weight excluding hydrogens is 326 g/mol. The molecule has 5 aromatic rings. The van der Waals surface area contributed by atoms with Crippen molar-refractivity contribution in [2.24, 2.45) is 0 Å². The highest BCUT2D eigenvalue weighted by Crippen LogP contribution is 2.43. The summed E-state index contributed by atoms with van der Waals surface area (Å²) < 4.78 is 0. The molecule has 0 aliphatic rings.